The number of nitrogens with zero attached hydrogens (tertiary/aromatic N) is 3. The molecule has 0 aromatic heterocycles. The molecule has 0 radical (unpaired) electrons. The molecule has 1 aliphatic rings. The Morgan fingerprint density at radius 1 is 1.03 bits per heavy atom. The summed E-state index contributed by atoms with van der Waals surface area (Å²) in [5, 5.41) is 14.5. The van der Waals surface area contributed by atoms with Gasteiger partial charge in [-0.05, 0) is 30.7 Å². The monoisotopic (exact) mass is 456 g/mol. The summed E-state index contributed by atoms with van der Waals surface area (Å²) in [7, 11) is 3.07. The van der Waals surface area contributed by atoms with Crippen LogP contribution in [0.15, 0.2) is 42.5 Å². The van der Waals surface area contributed by atoms with E-state index in [0.29, 0.717) is 62.8 Å². The highest BCUT2D eigenvalue weighted by Crippen LogP contribution is 2.26. The van der Waals surface area contributed by atoms with Crippen LogP contribution in [0.3, 0.4) is 0 Å². The smallest absolute Gasteiger partial charge is 0.293 e. The molecule has 0 saturated carbocycles. The third kappa shape index (κ3) is 5.78. The summed E-state index contributed by atoms with van der Waals surface area (Å²) >= 11 is 0. The van der Waals surface area contributed by atoms with Gasteiger partial charge in [-0.2, -0.15) is 0 Å². The molecule has 1 aliphatic heterocycles. The molecule has 2 aromatic rings. The first kappa shape index (κ1) is 24.0. The van der Waals surface area contributed by atoms with Crippen LogP contribution in [0.25, 0.3) is 0 Å². The number of nitro groups is 1. The van der Waals surface area contributed by atoms with E-state index >= 15 is 0 Å². The fraction of sp³-hybridized carbons (Fsp3) is 0.391. The Morgan fingerprint density at radius 3 is 2.39 bits per heavy atom. The number of hydrogen-bond donors (Lipinski definition) is 1. The zero-order chi connectivity index (χ0) is 23.8. The molecule has 2 aromatic carbocycles. The maximum Gasteiger partial charge on any atom is 0.293 e. The van der Waals surface area contributed by atoms with E-state index in [1.165, 1.54) is 19.2 Å². The largest absolute Gasteiger partial charge is 0.496 e. The molecule has 1 N–H and O–H groups in total. The second kappa shape index (κ2) is 11.3. The predicted molar refractivity (Wildman–Crippen MR) is 123 cm³/mol. The van der Waals surface area contributed by atoms with Crippen molar-refractivity contribution >= 4 is 23.2 Å². The van der Waals surface area contributed by atoms with Crippen LogP contribution < -0.4 is 10.1 Å². The van der Waals surface area contributed by atoms with Crippen molar-refractivity contribution in [1.82, 2.24) is 9.80 Å². The lowest BCUT2D eigenvalue weighted by Crippen LogP contribution is -2.37. The van der Waals surface area contributed by atoms with Gasteiger partial charge in [0.1, 0.15) is 11.4 Å². The number of amides is 2. The number of carbonyl (C=O) groups is 2. The molecular weight excluding hydrogens is 428 g/mol. The lowest BCUT2D eigenvalue weighted by molar-refractivity contribution is -0.384. The van der Waals surface area contributed by atoms with E-state index in [1.54, 1.807) is 47.2 Å². The highest BCUT2D eigenvalue weighted by Gasteiger charge is 2.26. The van der Waals surface area contributed by atoms with E-state index in [4.69, 9.17) is 9.47 Å². The Hall–Kier alpha value is -3.66. The Balaban J connectivity index is 1.71. The zero-order valence-electron chi connectivity index (χ0n) is 18.8. The van der Waals surface area contributed by atoms with Crippen LogP contribution in [0.5, 0.6) is 5.75 Å². The Kier molecular flexibility index (Phi) is 8.20. The first-order valence-electron chi connectivity index (χ1n) is 10.7. The van der Waals surface area contributed by atoms with E-state index in [-0.39, 0.29) is 23.1 Å². The number of benzene rings is 2. The van der Waals surface area contributed by atoms with E-state index in [9.17, 15) is 19.7 Å². The molecule has 0 atom stereocenters. The minimum atomic E-state index is -0.512. The van der Waals surface area contributed by atoms with Crippen LogP contribution >= 0.6 is 0 Å². The van der Waals surface area contributed by atoms with Crippen LogP contribution in [0.2, 0.25) is 0 Å². The van der Waals surface area contributed by atoms with Crippen molar-refractivity contribution in [1.29, 1.82) is 0 Å². The SMILES string of the molecule is COCCNc1ccc(C(=O)N2CCCN(C(=O)c3ccccc3OC)CC2)cc1[N+](=O)[O-]. The molecule has 0 bridgehead atoms. The van der Waals surface area contributed by atoms with E-state index in [2.05, 4.69) is 5.32 Å². The highest BCUT2D eigenvalue weighted by molar-refractivity contribution is 5.97. The van der Waals surface area contributed by atoms with Gasteiger partial charge >= 0.3 is 0 Å². The second-order valence-corrected chi connectivity index (χ2v) is 7.55. The number of anilines is 1. The van der Waals surface area contributed by atoms with Crippen molar-refractivity contribution in [3.63, 3.8) is 0 Å². The minimum absolute atomic E-state index is 0.149. The summed E-state index contributed by atoms with van der Waals surface area (Å²) in [6.45, 7) is 2.46. The second-order valence-electron chi connectivity index (χ2n) is 7.55. The van der Waals surface area contributed by atoms with Crippen molar-refractivity contribution in [3.8, 4) is 5.75 Å². The molecule has 1 saturated heterocycles. The van der Waals surface area contributed by atoms with Crippen LogP contribution in [-0.2, 0) is 4.74 Å². The average molecular weight is 456 g/mol. The van der Waals surface area contributed by atoms with Gasteiger partial charge in [0.2, 0.25) is 0 Å². The van der Waals surface area contributed by atoms with Crippen LogP contribution in [0, 0.1) is 10.1 Å². The number of ether oxygens (including phenoxy) is 2. The van der Waals surface area contributed by atoms with Gasteiger partial charge in [-0.3, -0.25) is 19.7 Å². The molecule has 0 aliphatic carbocycles. The molecule has 10 nitrogen and oxygen atoms in total. The number of rotatable bonds is 8. The molecule has 0 unspecified atom stereocenters. The van der Waals surface area contributed by atoms with Gasteiger partial charge in [-0.1, -0.05) is 12.1 Å². The number of nitro benzene ring substituents is 1. The fourth-order valence-electron chi connectivity index (χ4n) is 3.75. The van der Waals surface area contributed by atoms with Gasteiger partial charge in [0.15, 0.2) is 0 Å². The zero-order valence-corrected chi connectivity index (χ0v) is 18.8. The molecule has 2 amide bonds. The normalized spacial score (nSPS) is 13.9. The summed E-state index contributed by atoms with van der Waals surface area (Å²) in [6, 6.07) is 11.4. The average Bonchev–Trinajstić information content (AvgIpc) is 3.09. The van der Waals surface area contributed by atoms with Gasteiger partial charge < -0.3 is 24.6 Å². The van der Waals surface area contributed by atoms with Crippen molar-refractivity contribution in [3.05, 3.63) is 63.7 Å². The molecule has 33 heavy (non-hydrogen) atoms. The van der Waals surface area contributed by atoms with Gasteiger partial charge in [0.25, 0.3) is 17.5 Å². The Bertz CT molecular complexity index is 1010. The molecule has 1 heterocycles. The summed E-state index contributed by atoms with van der Waals surface area (Å²) in [6.07, 6.45) is 0.603. The topological polar surface area (TPSA) is 114 Å². The maximum atomic E-state index is 13.1. The lowest BCUT2D eigenvalue weighted by atomic mass is 10.1. The lowest BCUT2D eigenvalue weighted by Gasteiger charge is -2.23. The van der Waals surface area contributed by atoms with Crippen molar-refractivity contribution in [2.24, 2.45) is 0 Å². The van der Waals surface area contributed by atoms with Crippen molar-refractivity contribution in [2.75, 3.05) is 58.9 Å². The molecule has 10 heteroatoms. The number of para-hydroxylation sites is 1. The molecular formula is C23H28N4O6. The first-order valence-corrected chi connectivity index (χ1v) is 10.7. The quantitative estimate of drug-likeness (QED) is 0.369. The van der Waals surface area contributed by atoms with Gasteiger partial charge in [-0.15, -0.1) is 0 Å². The van der Waals surface area contributed by atoms with Crippen molar-refractivity contribution < 1.29 is 24.0 Å². The third-order valence-electron chi connectivity index (χ3n) is 5.47. The number of nitrogens with one attached hydrogen (secondary N) is 1. The number of hydrogen-bond acceptors (Lipinski definition) is 7. The fourth-order valence-corrected chi connectivity index (χ4v) is 3.75. The predicted octanol–water partition coefficient (Wildman–Crippen LogP) is 2.65. The van der Waals surface area contributed by atoms with Crippen LogP contribution in [0.4, 0.5) is 11.4 Å². The minimum Gasteiger partial charge on any atom is -0.496 e. The summed E-state index contributed by atoms with van der Waals surface area (Å²) in [4.78, 5) is 40.4. The number of methoxy groups -OCH3 is 2. The van der Waals surface area contributed by atoms with Crippen molar-refractivity contribution in [2.45, 2.75) is 6.42 Å². The van der Waals surface area contributed by atoms with Gasteiger partial charge in [-0.25, -0.2) is 0 Å². The summed E-state index contributed by atoms with van der Waals surface area (Å²) < 4.78 is 10.3. The van der Waals surface area contributed by atoms with Crippen LogP contribution in [0.1, 0.15) is 27.1 Å². The van der Waals surface area contributed by atoms with E-state index in [0.717, 1.165) is 0 Å². The molecule has 1 fully saturated rings. The Labute approximate surface area is 192 Å². The highest BCUT2D eigenvalue weighted by atomic mass is 16.6. The first-order chi connectivity index (χ1) is 16.0. The van der Waals surface area contributed by atoms with E-state index < -0.39 is 4.92 Å². The third-order valence-corrected chi connectivity index (χ3v) is 5.47. The summed E-state index contributed by atoms with van der Waals surface area (Å²) in [5.41, 5.74) is 0.883. The molecule has 3 rings (SSSR count). The van der Waals surface area contributed by atoms with Gasteiger partial charge in [0.05, 0.1) is 24.2 Å². The van der Waals surface area contributed by atoms with Crippen LogP contribution in [-0.4, -0.2) is 80.1 Å². The molecule has 176 valence electrons. The number of carbonyl (C=O) groups excluding carboxylic acids is 2. The maximum absolute atomic E-state index is 13.1. The standard InChI is InChI=1S/C23H28N4O6/c1-32-15-10-24-19-9-8-17(16-20(19)27(30)31)22(28)25-11-5-12-26(14-13-25)23(29)18-6-3-4-7-21(18)33-2/h3-4,6-9,16,24H,5,10-15H2,1-2H3. The summed E-state index contributed by atoms with van der Waals surface area (Å²) in [5.74, 6) is 0.0585. The molecule has 0 spiro atoms. The van der Waals surface area contributed by atoms with E-state index in [1.807, 2.05) is 0 Å². The van der Waals surface area contributed by atoms with Gasteiger partial charge in [0, 0.05) is 51.5 Å². The Morgan fingerprint density at radius 2 is 1.73 bits per heavy atom.